The molecule has 1 atom stereocenters. The maximum absolute atomic E-state index is 5.90. The van der Waals surface area contributed by atoms with Gasteiger partial charge in [0.05, 0.1) is 7.11 Å². The summed E-state index contributed by atoms with van der Waals surface area (Å²) in [5.41, 5.74) is 2.36. The van der Waals surface area contributed by atoms with Crippen molar-refractivity contribution in [3.63, 3.8) is 0 Å². The van der Waals surface area contributed by atoms with E-state index in [0.717, 1.165) is 36.7 Å². The van der Waals surface area contributed by atoms with Crippen molar-refractivity contribution in [3.8, 4) is 11.5 Å². The quantitative estimate of drug-likeness (QED) is 0.882. The highest BCUT2D eigenvalue weighted by Gasteiger charge is 2.16. The van der Waals surface area contributed by atoms with Crippen molar-refractivity contribution in [1.29, 1.82) is 0 Å². The summed E-state index contributed by atoms with van der Waals surface area (Å²) in [4.78, 5) is 0. The van der Waals surface area contributed by atoms with Crippen LogP contribution in [0.15, 0.2) is 48.5 Å². The monoisotopic (exact) mass is 334 g/mol. The smallest absolute Gasteiger partial charge is 0.161 e. The second-order valence-corrected chi connectivity index (χ2v) is 5.40. The number of hydrogen-bond donors (Lipinski definition) is 2. The van der Waals surface area contributed by atoms with E-state index in [1.54, 1.807) is 7.11 Å². The van der Waals surface area contributed by atoms with Crippen molar-refractivity contribution in [2.24, 2.45) is 0 Å². The van der Waals surface area contributed by atoms with E-state index in [1.165, 1.54) is 5.56 Å². The molecule has 5 heteroatoms. The van der Waals surface area contributed by atoms with E-state index in [2.05, 4.69) is 34.9 Å². The predicted octanol–water partition coefficient (Wildman–Crippen LogP) is 2.93. The standard InChI is InChI=1S/C18H22N2O2.ClH/c1-21-18-11-15(16-12-19-9-10-20-16)7-8-17(18)22-13-14-5-3-2-4-6-14;/h2-8,11,16,19-20H,9-10,12-13H2,1H3;1H/t16-;/m1./s1. The van der Waals surface area contributed by atoms with E-state index in [0.29, 0.717) is 12.6 Å². The van der Waals surface area contributed by atoms with Crippen molar-refractivity contribution in [3.05, 3.63) is 59.7 Å². The number of rotatable bonds is 5. The van der Waals surface area contributed by atoms with Crippen LogP contribution in [-0.4, -0.2) is 26.7 Å². The fourth-order valence-corrected chi connectivity index (χ4v) is 2.64. The highest BCUT2D eigenvalue weighted by Crippen LogP contribution is 2.31. The van der Waals surface area contributed by atoms with E-state index in [1.807, 2.05) is 24.3 Å². The third-order valence-corrected chi connectivity index (χ3v) is 3.87. The zero-order valence-corrected chi connectivity index (χ0v) is 14.1. The molecule has 124 valence electrons. The average Bonchev–Trinajstić information content (AvgIpc) is 2.61. The van der Waals surface area contributed by atoms with Crippen LogP contribution in [0.2, 0.25) is 0 Å². The third-order valence-electron chi connectivity index (χ3n) is 3.87. The van der Waals surface area contributed by atoms with E-state index < -0.39 is 0 Å². The first kappa shape index (κ1) is 17.6. The molecule has 2 N–H and O–H groups in total. The minimum atomic E-state index is 0. The normalized spacial score (nSPS) is 17.2. The largest absolute Gasteiger partial charge is 0.493 e. The second-order valence-electron chi connectivity index (χ2n) is 5.40. The van der Waals surface area contributed by atoms with Gasteiger partial charge in [-0.3, -0.25) is 0 Å². The van der Waals surface area contributed by atoms with Gasteiger partial charge in [-0.25, -0.2) is 0 Å². The Bertz CT molecular complexity index is 601. The molecule has 2 aromatic rings. The van der Waals surface area contributed by atoms with Crippen molar-refractivity contribution in [2.45, 2.75) is 12.6 Å². The van der Waals surface area contributed by atoms with Crippen molar-refractivity contribution < 1.29 is 9.47 Å². The van der Waals surface area contributed by atoms with Crippen LogP contribution in [0.1, 0.15) is 17.2 Å². The molecule has 0 saturated carbocycles. The molecular weight excluding hydrogens is 312 g/mol. The molecule has 3 rings (SSSR count). The number of halogens is 1. The maximum Gasteiger partial charge on any atom is 0.161 e. The van der Waals surface area contributed by atoms with Crippen molar-refractivity contribution in [1.82, 2.24) is 10.6 Å². The van der Waals surface area contributed by atoms with E-state index in [4.69, 9.17) is 9.47 Å². The van der Waals surface area contributed by atoms with Gasteiger partial charge in [0.1, 0.15) is 6.61 Å². The van der Waals surface area contributed by atoms with Crippen molar-refractivity contribution in [2.75, 3.05) is 26.7 Å². The maximum atomic E-state index is 5.90. The molecule has 0 bridgehead atoms. The van der Waals surface area contributed by atoms with Crippen LogP contribution < -0.4 is 20.1 Å². The lowest BCUT2D eigenvalue weighted by Gasteiger charge is -2.25. The summed E-state index contributed by atoms with van der Waals surface area (Å²) in [5.74, 6) is 1.56. The number of ether oxygens (including phenoxy) is 2. The SMILES string of the molecule is COc1cc([C@H]2CNCCN2)ccc1OCc1ccccc1.Cl. The molecule has 2 aromatic carbocycles. The number of hydrogen-bond acceptors (Lipinski definition) is 4. The van der Waals surface area contributed by atoms with E-state index in [9.17, 15) is 0 Å². The number of methoxy groups -OCH3 is 1. The Morgan fingerprint density at radius 1 is 1.04 bits per heavy atom. The summed E-state index contributed by atoms with van der Waals surface area (Å²) in [6.07, 6.45) is 0. The summed E-state index contributed by atoms with van der Waals surface area (Å²) in [6.45, 7) is 3.48. The number of benzene rings is 2. The van der Waals surface area contributed by atoms with Crippen molar-refractivity contribution >= 4 is 12.4 Å². The van der Waals surface area contributed by atoms with Crippen LogP contribution in [-0.2, 0) is 6.61 Å². The molecule has 0 radical (unpaired) electrons. The predicted molar refractivity (Wildman–Crippen MR) is 94.6 cm³/mol. The first-order valence-electron chi connectivity index (χ1n) is 7.65. The van der Waals surface area contributed by atoms with Crippen LogP contribution in [0.25, 0.3) is 0 Å². The van der Waals surface area contributed by atoms with Crippen LogP contribution in [0.4, 0.5) is 0 Å². The Morgan fingerprint density at radius 2 is 1.87 bits per heavy atom. The van der Waals surface area contributed by atoms with Gasteiger partial charge in [0.15, 0.2) is 11.5 Å². The highest BCUT2D eigenvalue weighted by atomic mass is 35.5. The van der Waals surface area contributed by atoms with Gasteiger partial charge in [-0.15, -0.1) is 12.4 Å². The van der Waals surface area contributed by atoms with E-state index in [-0.39, 0.29) is 12.4 Å². The van der Waals surface area contributed by atoms with E-state index >= 15 is 0 Å². The fraction of sp³-hybridized carbons (Fsp3) is 0.333. The minimum Gasteiger partial charge on any atom is -0.493 e. The second kappa shape index (κ2) is 8.77. The average molecular weight is 335 g/mol. The lowest BCUT2D eigenvalue weighted by atomic mass is 10.0. The summed E-state index contributed by atoms with van der Waals surface area (Å²) < 4.78 is 11.4. The molecule has 0 amide bonds. The summed E-state index contributed by atoms with van der Waals surface area (Å²) in [7, 11) is 1.68. The molecule has 1 fully saturated rings. The topological polar surface area (TPSA) is 42.5 Å². The highest BCUT2D eigenvalue weighted by molar-refractivity contribution is 5.85. The first-order valence-corrected chi connectivity index (χ1v) is 7.65. The Balaban J connectivity index is 0.00000192. The lowest BCUT2D eigenvalue weighted by Crippen LogP contribution is -2.42. The molecule has 0 unspecified atom stereocenters. The first-order chi connectivity index (χ1) is 10.9. The van der Waals surface area contributed by atoms with Crippen LogP contribution in [0.5, 0.6) is 11.5 Å². The lowest BCUT2D eigenvalue weighted by molar-refractivity contribution is 0.284. The summed E-state index contributed by atoms with van der Waals surface area (Å²) in [6, 6.07) is 16.6. The summed E-state index contributed by atoms with van der Waals surface area (Å²) >= 11 is 0. The molecule has 0 aromatic heterocycles. The van der Waals surface area contributed by atoms with Gasteiger partial charge in [-0.1, -0.05) is 36.4 Å². The van der Waals surface area contributed by atoms with Crippen LogP contribution >= 0.6 is 12.4 Å². The number of piperazine rings is 1. The van der Waals surface area contributed by atoms with Gasteiger partial charge in [0.2, 0.25) is 0 Å². The molecule has 23 heavy (non-hydrogen) atoms. The Morgan fingerprint density at radius 3 is 2.57 bits per heavy atom. The number of nitrogens with one attached hydrogen (secondary N) is 2. The molecule has 1 aliphatic rings. The molecular formula is C18H23ClN2O2. The summed E-state index contributed by atoms with van der Waals surface area (Å²) in [5, 5.41) is 6.90. The Kier molecular flexibility index (Phi) is 6.71. The minimum absolute atomic E-state index is 0. The molecule has 1 aliphatic heterocycles. The van der Waals surface area contributed by atoms with Gasteiger partial charge in [-0.05, 0) is 23.3 Å². The van der Waals surface area contributed by atoms with Gasteiger partial charge in [0, 0.05) is 25.7 Å². The van der Waals surface area contributed by atoms with Gasteiger partial charge in [0.25, 0.3) is 0 Å². The molecule has 0 aliphatic carbocycles. The van der Waals surface area contributed by atoms with Crippen LogP contribution in [0.3, 0.4) is 0 Å². The zero-order valence-electron chi connectivity index (χ0n) is 13.2. The van der Waals surface area contributed by atoms with Gasteiger partial charge in [-0.2, -0.15) is 0 Å². The third kappa shape index (κ3) is 4.61. The van der Waals surface area contributed by atoms with Gasteiger partial charge < -0.3 is 20.1 Å². The molecule has 1 saturated heterocycles. The molecule has 4 nitrogen and oxygen atoms in total. The Labute approximate surface area is 143 Å². The Hall–Kier alpha value is -1.75. The van der Waals surface area contributed by atoms with Gasteiger partial charge >= 0.3 is 0 Å². The molecule has 1 heterocycles. The fourth-order valence-electron chi connectivity index (χ4n) is 2.64. The zero-order chi connectivity index (χ0) is 15.2. The molecule has 0 spiro atoms. The van der Waals surface area contributed by atoms with Crippen LogP contribution in [0, 0.1) is 0 Å².